The lowest BCUT2D eigenvalue weighted by molar-refractivity contribution is 0.0585. The van der Waals surface area contributed by atoms with Crippen LogP contribution >= 0.6 is 0 Å². The van der Waals surface area contributed by atoms with E-state index in [9.17, 15) is 14.3 Å². The first-order chi connectivity index (χ1) is 17.2. The number of aromatic nitrogens is 2. The van der Waals surface area contributed by atoms with E-state index in [1.807, 2.05) is 53.1 Å². The Bertz CT molecular complexity index is 1300. The lowest BCUT2D eigenvalue weighted by atomic mass is 9.81. The van der Waals surface area contributed by atoms with Gasteiger partial charge in [-0.15, -0.1) is 0 Å². The second-order valence-corrected chi connectivity index (χ2v) is 10.3. The van der Waals surface area contributed by atoms with Crippen LogP contribution in [0.25, 0.3) is 0 Å². The van der Waals surface area contributed by atoms with Gasteiger partial charge in [-0.3, -0.25) is 0 Å². The number of hydrogen-bond donors (Lipinski definition) is 2. The molecule has 1 aliphatic carbocycles. The highest BCUT2D eigenvalue weighted by Crippen LogP contribution is 2.37. The Morgan fingerprint density at radius 1 is 1.11 bits per heavy atom. The molecule has 0 amide bonds. The van der Waals surface area contributed by atoms with E-state index in [0.717, 1.165) is 11.3 Å². The van der Waals surface area contributed by atoms with Gasteiger partial charge >= 0.3 is 0 Å². The third-order valence-corrected chi connectivity index (χ3v) is 6.33. The molecule has 2 aromatic carbocycles. The van der Waals surface area contributed by atoms with Crippen molar-refractivity contribution in [2.24, 2.45) is 5.92 Å². The van der Waals surface area contributed by atoms with Crippen molar-refractivity contribution >= 4 is 5.94 Å². The van der Waals surface area contributed by atoms with Gasteiger partial charge in [0.05, 0.1) is 18.2 Å². The largest absolute Gasteiger partial charge is 0.380 e. The first kappa shape index (κ1) is 25.4. The maximum Gasteiger partial charge on any atom is 0.131 e. The molecule has 2 N–H and O–H groups in total. The van der Waals surface area contributed by atoms with Gasteiger partial charge in [-0.05, 0) is 69.0 Å². The Morgan fingerprint density at radius 3 is 2.50 bits per heavy atom. The number of allylic oxidation sites excluding steroid dienone is 4. The van der Waals surface area contributed by atoms with Gasteiger partial charge in [-0.1, -0.05) is 48.5 Å². The van der Waals surface area contributed by atoms with E-state index in [1.165, 1.54) is 12.1 Å². The highest BCUT2D eigenvalue weighted by molar-refractivity contribution is 5.62. The summed E-state index contributed by atoms with van der Waals surface area (Å²) >= 11 is 0. The van der Waals surface area contributed by atoms with E-state index < -0.39 is 5.60 Å². The summed E-state index contributed by atoms with van der Waals surface area (Å²) in [7, 11) is 0. The fourth-order valence-electron chi connectivity index (χ4n) is 4.60. The van der Waals surface area contributed by atoms with Crippen molar-refractivity contribution in [1.82, 2.24) is 14.9 Å². The Balaban J connectivity index is 1.63. The summed E-state index contributed by atoms with van der Waals surface area (Å²) in [4.78, 5) is 16.1. The van der Waals surface area contributed by atoms with E-state index in [-0.39, 0.29) is 17.3 Å². The standard InChI is InChI=1S/C30H32FN3O2/c1-29(2,3)33-27-14-9-23(24(17-27)20-35)15-16-30(36,25-10-12-26(31)13-11-25)28-18-32-21-34(28)19-22-7-5-4-6-8-22/h4-14,17-18,21,23,33,36H,15-16,19H2,1-3H3. The molecule has 0 saturated heterocycles. The molecule has 186 valence electrons. The second kappa shape index (κ2) is 10.5. The molecule has 3 aromatic rings. The minimum absolute atomic E-state index is 0.142. The van der Waals surface area contributed by atoms with Gasteiger partial charge in [-0.25, -0.2) is 14.2 Å². The van der Waals surface area contributed by atoms with Gasteiger partial charge in [0.15, 0.2) is 0 Å². The van der Waals surface area contributed by atoms with Crippen LogP contribution in [0.2, 0.25) is 0 Å². The number of rotatable bonds is 8. The molecule has 6 heteroatoms. The van der Waals surface area contributed by atoms with Crippen LogP contribution in [0.1, 0.15) is 50.4 Å². The highest BCUT2D eigenvalue weighted by Gasteiger charge is 2.36. The number of hydrogen-bond acceptors (Lipinski definition) is 4. The van der Waals surface area contributed by atoms with Gasteiger partial charge in [0.25, 0.3) is 0 Å². The second-order valence-electron chi connectivity index (χ2n) is 10.3. The normalized spacial score (nSPS) is 17.3. The summed E-state index contributed by atoms with van der Waals surface area (Å²) in [5.41, 5.74) is 2.06. The molecule has 1 aromatic heterocycles. The molecule has 1 heterocycles. The van der Waals surface area contributed by atoms with Crippen LogP contribution in [0.3, 0.4) is 0 Å². The molecule has 0 spiro atoms. The van der Waals surface area contributed by atoms with Crippen molar-refractivity contribution in [2.45, 2.75) is 51.3 Å². The van der Waals surface area contributed by atoms with Crippen molar-refractivity contribution < 1.29 is 14.3 Å². The number of nitrogens with zero attached hydrogens (tertiary/aromatic N) is 2. The number of carbonyl (C=O) groups excluding carboxylic acids is 1. The lowest BCUT2D eigenvalue weighted by Crippen LogP contribution is -2.35. The maximum atomic E-state index is 13.7. The number of halogens is 1. The third-order valence-electron chi connectivity index (χ3n) is 6.33. The number of aliphatic hydroxyl groups is 1. The Hall–Kier alpha value is -3.73. The van der Waals surface area contributed by atoms with Crippen LogP contribution in [-0.4, -0.2) is 26.1 Å². The van der Waals surface area contributed by atoms with Crippen LogP contribution in [0, 0.1) is 11.7 Å². The maximum absolute atomic E-state index is 13.7. The molecule has 36 heavy (non-hydrogen) atoms. The predicted molar refractivity (Wildman–Crippen MR) is 139 cm³/mol. The summed E-state index contributed by atoms with van der Waals surface area (Å²) in [6.45, 7) is 6.70. The summed E-state index contributed by atoms with van der Waals surface area (Å²) in [6, 6.07) is 15.8. The molecule has 2 atom stereocenters. The van der Waals surface area contributed by atoms with Crippen molar-refractivity contribution in [3.63, 3.8) is 0 Å². The minimum atomic E-state index is -1.44. The predicted octanol–water partition coefficient (Wildman–Crippen LogP) is 5.30. The fraction of sp³-hybridized carbons (Fsp3) is 0.300. The molecule has 5 nitrogen and oxygen atoms in total. The molecule has 1 aliphatic rings. The first-order valence-electron chi connectivity index (χ1n) is 12.1. The van der Waals surface area contributed by atoms with Crippen LogP contribution in [0.15, 0.2) is 96.6 Å². The lowest BCUT2D eigenvalue weighted by Gasteiger charge is -2.32. The highest BCUT2D eigenvalue weighted by atomic mass is 19.1. The zero-order valence-corrected chi connectivity index (χ0v) is 20.9. The van der Waals surface area contributed by atoms with Crippen molar-refractivity contribution in [3.05, 3.63) is 119 Å². The van der Waals surface area contributed by atoms with Crippen molar-refractivity contribution in [1.29, 1.82) is 0 Å². The monoisotopic (exact) mass is 485 g/mol. The van der Waals surface area contributed by atoms with Crippen LogP contribution in [0.4, 0.5) is 4.39 Å². The van der Waals surface area contributed by atoms with Gasteiger partial charge < -0.3 is 15.0 Å². The van der Waals surface area contributed by atoms with E-state index >= 15 is 0 Å². The third kappa shape index (κ3) is 5.91. The fourth-order valence-corrected chi connectivity index (χ4v) is 4.60. The van der Waals surface area contributed by atoms with E-state index in [0.29, 0.717) is 36.2 Å². The molecule has 0 fully saturated rings. The Kier molecular flexibility index (Phi) is 7.39. The van der Waals surface area contributed by atoms with E-state index in [1.54, 1.807) is 24.7 Å². The Labute approximate surface area is 211 Å². The first-order valence-corrected chi connectivity index (χ1v) is 12.1. The molecule has 0 bridgehead atoms. The molecule has 0 aliphatic heterocycles. The van der Waals surface area contributed by atoms with Crippen LogP contribution in [-0.2, 0) is 16.9 Å². The smallest absolute Gasteiger partial charge is 0.131 e. The average molecular weight is 486 g/mol. The summed E-state index contributed by atoms with van der Waals surface area (Å²) in [6.07, 6.45) is 9.90. The summed E-state index contributed by atoms with van der Waals surface area (Å²) < 4.78 is 15.7. The molecule has 2 unspecified atom stereocenters. The quantitative estimate of drug-likeness (QED) is 0.425. The Morgan fingerprint density at radius 2 is 1.83 bits per heavy atom. The van der Waals surface area contributed by atoms with Gasteiger partial charge in [-0.2, -0.15) is 0 Å². The minimum Gasteiger partial charge on any atom is -0.380 e. The number of benzene rings is 2. The number of nitrogens with one attached hydrogen (secondary N) is 1. The van der Waals surface area contributed by atoms with Crippen molar-refractivity contribution in [2.75, 3.05) is 0 Å². The van der Waals surface area contributed by atoms with Gasteiger partial charge in [0.1, 0.15) is 17.4 Å². The summed E-state index contributed by atoms with van der Waals surface area (Å²) in [5, 5.41) is 15.5. The SMILES string of the molecule is CC(C)(C)NC1=CC(=C=O)C(CCC(O)(c2ccc(F)cc2)c2cncn2Cc2ccccc2)C=C1. The number of imidazole rings is 1. The van der Waals surface area contributed by atoms with Crippen LogP contribution in [0.5, 0.6) is 0 Å². The zero-order chi connectivity index (χ0) is 25.8. The molecule has 0 radical (unpaired) electrons. The summed E-state index contributed by atoms with van der Waals surface area (Å²) in [5.74, 6) is 1.51. The van der Waals surface area contributed by atoms with Gasteiger partial charge in [0.2, 0.25) is 0 Å². The van der Waals surface area contributed by atoms with Gasteiger partial charge in [0, 0.05) is 29.3 Å². The molecular formula is C30H32FN3O2. The molecular weight excluding hydrogens is 453 g/mol. The molecule has 4 rings (SSSR count). The van der Waals surface area contributed by atoms with E-state index in [4.69, 9.17) is 0 Å². The average Bonchev–Trinajstić information content (AvgIpc) is 3.32. The topological polar surface area (TPSA) is 67.2 Å². The molecule has 0 saturated carbocycles. The van der Waals surface area contributed by atoms with Crippen molar-refractivity contribution in [3.8, 4) is 0 Å². The zero-order valence-electron chi connectivity index (χ0n) is 20.9. The van der Waals surface area contributed by atoms with E-state index in [2.05, 4.69) is 37.0 Å². The van der Waals surface area contributed by atoms with Crippen LogP contribution < -0.4 is 5.32 Å².